The summed E-state index contributed by atoms with van der Waals surface area (Å²) in [7, 11) is -4.28. The van der Waals surface area contributed by atoms with Gasteiger partial charge in [0.15, 0.2) is 0 Å². The summed E-state index contributed by atoms with van der Waals surface area (Å²) in [6, 6.07) is 16.6. The van der Waals surface area contributed by atoms with E-state index in [1.165, 1.54) is 0 Å². The van der Waals surface area contributed by atoms with Gasteiger partial charge in [0, 0.05) is 31.2 Å². The fraction of sp³-hybridized carbons (Fsp3) is 0.367. The average Bonchev–Trinajstić information content (AvgIpc) is 2.95. The van der Waals surface area contributed by atoms with Crippen LogP contribution < -0.4 is 10.6 Å². The number of alkyl halides is 3. The van der Waals surface area contributed by atoms with Gasteiger partial charge in [-0.2, -0.15) is 17.5 Å². The zero-order valence-electron chi connectivity index (χ0n) is 22.9. The molecule has 2 atom stereocenters. The number of phenolic OH excluding ortho intramolecular Hbond substituents is 1. The molecule has 0 bridgehead atoms. The van der Waals surface area contributed by atoms with E-state index in [0.717, 1.165) is 39.7 Å². The molecule has 0 saturated carbocycles. The van der Waals surface area contributed by atoms with Gasteiger partial charge in [0.05, 0.1) is 10.5 Å². The summed E-state index contributed by atoms with van der Waals surface area (Å²) < 4.78 is 67.4. The monoisotopic (exact) mass is 589 g/mol. The molecule has 1 saturated heterocycles. The van der Waals surface area contributed by atoms with Crippen LogP contribution in [0.25, 0.3) is 0 Å². The average molecular weight is 590 g/mol. The molecule has 0 radical (unpaired) electrons. The number of nitrogens with zero attached hydrogens (tertiary/aromatic N) is 1. The third-order valence-corrected chi connectivity index (χ3v) is 9.25. The number of piperidine rings is 1. The predicted octanol–water partition coefficient (Wildman–Crippen LogP) is 5.16. The van der Waals surface area contributed by atoms with E-state index < -0.39 is 33.7 Å². The largest absolute Gasteiger partial charge is 0.508 e. The Bertz CT molecular complexity index is 1440. The number of sulfonamides is 1. The van der Waals surface area contributed by atoms with Gasteiger partial charge in [-0.05, 0) is 60.2 Å². The molecule has 1 aliphatic rings. The molecule has 3 aromatic carbocycles. The lowest BCUT2D eigenvalue weighted by molar-refractivity contribution is -0.137. The molecule has 1 amide bonds. The second-order valence-electron chi connectivity index (χ2n) is 10.5. The van der Waals surface area contributed by atoms with Crippen LogP contribution in [-0.4, -0.2) is 42.4 Å². The summed E-state index contributed by atoms with van der Waals surface area (Å²) in [6.07, 6.45) is -4.09. The van der Waals surface area contributed by atoms with Crippen LogP contribution in [0.1, 0.15) is 54.9 Å². The fourth-order valence-corrected chi connectivity index (χ4v) is 6.46. The Morgan fingerprint density at radius 2 is 1.66 bits per heavy atom. The van der Waals surface area contributed by atoms with Crippen LogP contribution in [0.15, 0.2) is 77.7 Å². The normalized spacial score (nSPS) is 18.4. The summed E-state index contributed by atoms with van der Waals surface area (Å²) in [5, 5.41) is 16.2. The molecule has 4 rings (SSSR count). The first kappa shape index (κ1) is 30.5. The molecule has 3 aromatic rings. The van der Waals surface area contributed by atoms with E-state index in [0.29, 0.717) is 24.4 Å². The molecule has 3 N–H and O–H groups in total. The molecule has 1 heterocycles. The molecule has 1 aliphatic heterocycles. The quantitative estimate of drug-likeness (QED) is 0.320. The fourth-order valence-electron chi connectivity index (χ4n) is 4.85. The molecular formula is C30H34F3N3O4S. The first-order chi connectivity index (χ1) is 19.4. The number of halogens is 3. The predicted molar refractivity (Wildman–Crippen MR) is 149 cm³/mol. The van der Waals surface area contributed by atoms with Crippen LogP contribution in [-0.2, 0) is 34.1 Å². The second-order valence-corrected chi connectivity index (χ2v) is 12.4. The van der Waals surface area contributed by atoms with Crippen LogP contribution in [0.3, 0.4) is 0 Å². The Labute approximate surface area is 238 Å². The summed E-state index contributed by atoms with van der Waals surface area (Å²) in [5.74, 6) is -0.0188. The molecule has 0 aliphatic carbocycles. The highest BCUT2D eigenvalue weighted by Crippen LogP contribution is 2.32. The highest BCUT2D eigenvalue weighted by molar-refractivity contribution is 7.89. The Morgan fingerprint density at radius 1 is 1.00 bits per heavy atom. The Hall–Kier alpha value is -3.41. The second kappa shape index (κ2) is 12.6. The van der Waals surface area contributed by atoms with E-state index in [1.807, 2.05) is 24.3 Å². The number of hydrogen-bond acceptors (Lipinski definition) is 5. The van der Waals surface area contributed by atoms with Crippen LogP contribution in [0.2, 0.25) is 0 Å². The number of aromatic hydroxyl groups is 1. The first-order valence-corrected chi connectivity index (χ1v) is 14.9. The highest BCUT2D eigenvalue weighted by atomic mass is 32.2. The highest BCUT2D eigenvalue weighted by Gasteiger charge is 2.41. The van der Waals surface area contributed by atoms with Crippen molar-refractivity contribution in [3.8, 4) is 5.75 Å². The lowest BCUT2D eigenvalue weighted by Gasteiger charge is -2.38. The molecule has 0 unspecified atom stereocenters. The van der Waals surface area contributed by atoms with Crippen LogP contribution >= 0.6 is 0 Å². The molecule has 7 nitrogen and oxygen atoms in total. The first-order valence-electron chi connectivity index (χ1n) is 13.4. The van der Waals surface area contributed by atoms with Gasteiger partial charge >= 0.3 is 6.18 Å². The lowest BCUT2D eigenvalue weighted by atomic mass is 9.98. The minimum Gasteiger partial charge on any atom is -0.508 e. The van der Waals surface area contributed by atoms with Crippen LogP contribution in [0.4, 0.5) is 13.2 Å². The number of hydrogen-bond donors (Lipinski definition) is 3. The maximum absolute atomic E-state index is 13.6. The van der Waals surface area contributed by atoms with Crippen molar-refractivity contribution in [1.29, 1.82) is 0 Å². The maximum Gasteiger partial charge on any atom is 0.416 e. The van der Waals surface area contributed by atoms with E-state index in [-0.39, 0.29) is 36.2 Å². The molecule has 41 heavy (non-hydrogen) atoms. The van der Waals surface area contributed by atoms with Crippen molar-refractivity contribution in [2.24, 2.45) is 0 Å². The van der Waals surface area contributed by atoms with Gasteiger partial charge in [-0.25, -0.2) is 8.42 Å². The third-order valence-electron chi connectivity index (χ3n) is 7.33. The van der Waals surface area contributed by atoms with Gasteiger partial charge in [-0.15, -0.1) is 0 Å². The van der Waals surface area contributed by atoms with Gasteiger partial charge in [-0.1, -0.05) is 56.3 Å². The van der Waals surface area contributed by atoms with Crippen LogP contribution in [0.5, 0.6) is 5.75 Å². The van der Waals surface area contributed by atoms with Crippen molar-refractivity contribution in [3.63, 3.8) is 0 Å². The Morgan fingerprint density at radius 3 is 2.27 bits per heavy atom. The SMILES string of the molecule is CC(C)c1ccc(CNC(=O)[C@H]2C[C@H](NCc3ccccc3O)CCN2S(=O)(=O)c2ccc(C(F)(F)F)cc2)cc1. The van der Waals surface area contributed by atoms with Gasteiger partial charge in [0.2, 0.25) is 15.9 Å². The number of phenols is 1. The zero-order chi connectivity index (χ0) is 29.8. The van der Waals surface area contributed by atoms with Crippen molar-refractivity contribution < 1.29 is 31.5 Å². The third kappa shape index (κ3) is 7.46. The van der Waals surface area contributed by atoms with E-state index in [4.69, 9.17) is 0 Å². The molecular weight excluding hydrogens is 555 g/mol. The summed E-state index contributed by atoms with van der Waals surface area (Å²) in [5.41, 5.74) is 1.71. The summed E-state index contributed by atoms with van der Waals surface area (Å²) >= 11 is 0. The Balaban J connectivity index is 1.53. The number of carbonyl (C=O) groups is 1. The topological polar surface area (TPSA) is 98.7 Å². The van der Waals surface area contributed by atoms with Gasteiger partial charge in [0.25, 0.3) is 0 Å². The smallest absolute Gasteiger partial charge is 0.416 e. The van der Waals surface area contributed by atoms with Crippen LogP contribution in [0, 0.1) is 0 Å². The molecule has 11 heteroatoms. The van der Waals surface area contributed by atoms with E-state index in [9.17, 15) is 31.5 Å². The maximum atomic E-state index is 13.6. The number of benzene rings is 3. The number of rotatable bonds is 9. The molecule has 0 spiro atoms. The minimum absolute atomic E-state index is 0.0109. The van der Waals surface area contributed by atoms with Gasteiger partial charge in [0.1, 0.15) is 11.8 Å². The molecule has 1 fully saturated rings. The van der Waals surface area contributed by atoms with Gasteiger partial charge < -0.3 is 15.7 Å². The van der Waals surface area contributed by atoms with Gasteiger partial charge in [-0.3, -0.25) is 4.79 Å². The lowest BCUT2D eigenvalue weighted by Crippen LogP contribution is -2.56. The number of nitrogens with one attached hydrogen (secondary N) is 2. The summed E-state index contributed by atoms with van der Waals surface area (Å²) in [6.45, 7) is 4.66. The van der Waals surface area contributed by atoms with E-state index >= 15 is 0 Å². The molecule has 0 aromatic heterocycles. The number of carbonyl (C=O) groups excluding carboxylic acids is 1. The zero-order valence-corrected chi connectivity index (χ0v) is 23.7. The van der Waals surface area contributed by atoms with E-state index in [1.54, 1.807) is 24.3 Å². The van der Waals surface area contributed by atoms with Crippen molar-refractivity contribution in [2.45, 2.75) is 68.9 Å². The standard InChI is InChI=1S/C30H34F3N3O4S/c1-20(2)22-9-7-21(8-10-22)18-35-29(38)27-17-25(34-19-23-5-3-4-6-28(23)37)15-16-36(27)41(39,40)26-13-11-24(12-14-26)30(31,32)33/h3-14,20,25,27,34,37H,15-19H2,1-2H3,(H,35,38)/t25-,27-/m1/s1. The van der Waals surface area contributed by atoms with E-state index in [2.05, 4.69) is 24.5 Å². The number of amides is 1. The molecule has 220 valence electrons. The Kier molecular flexibility index (Phi) is 9.41. The van der Waals surface area contributed by atoms with Crippen molar-refractivity contribution in [3.05, 3.63) is 95.1 Å². The van der Waals surface area contributed by atoms with Crippen molar-refractivity contribution >= 4 is 15.9 Å². The number of para-hydroxylation sites is 1. The van der Waals surface area contributed by atoms with Crippen molar-refractivity contribution in [2.75, 3.05) is 6.54 Å². The van der Waals surface area contributed by atoms with Crippen molar-refractivity contribution in [1.82, 2.24) is 14.9 Å². The summed E-state index contributed by atoms with van der Waals surface area (Å²) in [4.78, 5) is 13.1. The minimum atomic E-state index is -4.60.